The van der Waals surface area contributed by atoms with E-state index in [0.717, 1.165) is 5.69 Å². The Bertz CT molecular complexity index is 885. The van der Waals surface area contributed by atoms with E-state index in [2.05, 4.69) is 4.98 Å². The molecule has 0 unspecified atom stereocenters. The number of ether oxygens (including phenoxy) is 1. The zero-order chi connectivity index (χ0) is 15.5. The molecule has 0 fully saturated rings. The third-order valence-electron chi connectivity index (χ3n) is 3.27. The zero-order valence-electron chi connectivity index (χ0n) is 12.0. The molecule has 22 heavy (non-hydrogen) atoms. The number of esters is 1. The topological polar surface area (TPSA) is 61.2 Å². The third-order valence-corrected chi connectivity index (χ3v) is 3.27. The summed E-state index contributed by atoms with van der Waals surface area (Å²) in [6, 6.07) is 16.4. The number of aromatic nitrogens is 2. The van der Waals surface area contributed by atoms with Crippen molar-refractivity contribution in [1.29, 1.82) is 0 Å². The second-order valence-electron chi connectivity index (χ2n) is 4.65. The predicted molar refractivity (Wildman–Crippen MR) is 83.3 cm³/mol. The third kappa shape index (κ3) is 2.37. The maximum Gasteiger partial charge on any atom is 0.375 e. The number of benzene rings is 2. The number of carbonyl (C=O) groups is 1. The van der Waals surface area contributed by atoms with Gasteiger partial charge in [-0.2, -0.15) is 4.98 Å². The molecule has 5 heteroatoms. The lowest BCUT2D eigenvalue weighted by Gasteiger charge is -2.14. The van der Waals surface area contributed by atoms with Crippen molar-refractivity contribution in [3.05, 3.63) is 70.8 Å². The molecule has 1 heterocycles. The second-order valence-corrected chi connectivity index (χ2v) is 4.65. The molecule has 1 aromatic heterocycles. The van der Waals surface area contributed by atoms with E-state index in [1.807, 2.05) is 36.4 Å². The van der Waals surface area contributed by atoms with Gasteiger partial charge in [-0.1, -0.05) is 30.3 Å². The van der Waals surface area contributed by atoms with Crippen LogP contribution in [0.5, 0.6) is 0 Å². The Labute approximate surface area is 126 Å². The molecule has 0 bridgehead atoms. The van der Waals surface area contributed by atoms with E-state index in [4.69, 9.17) is 4.74 Å². The van der Waals surface area contributed by atoms with Crippen LogP contribution in [0.25, 0.3) is 16.6 Å². The van der Waals surface area contributed by atoms with E-state index in [-0.39, 0.29) is 12.4 Å². The lowest BCUT2D eigenvalue weighted by Crippen LogP contribution is -2.23. The molecule has 0 atom stereocenters. The number of fused-ring (bicyclic) bond motifs is 1. The lowest BCUT2D eigenvalue weighted by atomic mass is 10.2. The highest BCUT2D eigenvalue weighted by molar-refractivity contribution is 5.90. The Morgan fingerprint density at radius 3 is 2.50 bits per heavy atom. The summed E-state index contributed by atoms with van der Waals surface area (Å²) in [5.41, 5.74) is 0.928. The van der Waals surface area contributed by atoms with Crippen LogP contribution in [0.1, 0.15) is 17.5 Å². The summed E-state index contributed by atoms with van der Waals surface area (Å²) in [4.78, 5) is 28.3. The van der Waals surface area contributed by atoms with Gasteiger partial charge in [0.1, 0.15) is 0 Å². The fourth-order valence-corrected chi connectivity index (χ4v) is 2.34. The van der Waals surface area contributed by atoms with Crippen LogP contribution in [0.4, 0.5) is 0 Å². The average molecular weight is 294 g/mol. The van der Waals surface area contributed by atoms with E-state index in [9.17, 15) is 9.59 Å². The van der Waals surface area contributed by atoms with Gasteiger partial charge in [0.15, 0.2) is 0 Å². The van der Waals surface area contributed by atoms with Gasteiger partial charge in [-0.3, -0.25) is 9.36 Å². The fourth-order valence-electron chi connectivity index (χ4n) is 2.34. The number of nitrogens with zero attached hydrogens (tertiary/aromatic N) is 2. The lowest BCUT2D eigenvalue weighted by molar-refractivity contribution is 0.0508. The van der Waals surface area contributed by atoms with Crippen LogP contribution in [-0.2, 0) is 4.74 Å². The van der Waals surface area contributed by atoms with Crippen molar-refractivity contribution >= 4 is 16.9 Å². The maximum atomic E-state index is 12.2. The van der Waals surface area contributed by atoms with E-state index < -0.39 is 11.5 Å². The zero-order valence-corrected chi connectivity index (χ0v) is 12.0. The van der Waals surface area contributed by atoms with Crippen molar-refractivity contribution in [2.45, 2.75) is 6.92 Å². The van der Waals surface area contributed by atoms with Crippen molar-refractivity contribution in [2.75, 3.05) is 6.61 Å². The minimum atomic E-state index is -0.616. The first-order valence-electron chi connectivity index (χ1n) is 6.96. The van der Waals surface area contributed by atoms with Crippen LogP contribution in [0, 0.1) is 0 Å². The minimum absolute atomic E-state index is 0.0169. The van der Waals surface area contributed by atoms with Gasteiger partial charge in [0.25, 0.3) is 5.56 Å². The first-order valence-corrected chi connectivity index (χ1v) is 6.96. The molecule has 0 aliphatic heterocycles. The van der Waals surface area contributed by atoms with Crippen molar-refractivity contribution in [1.82, 2.24) is 9.55 Å². The predicted octanol–water partition coefficient (Wildman–Crippen LogP) is 2.56. The summed E-state index contributed by atoms with van der Waals surface area (Å²) < 4.78 is 6.68. The molecule has 0 radical (unpaired) electrons. The first kappa shape index (κ1) is 14.0. The van der Waals surface area contributed by atoms with Crippen LogP contribution in [0.3, 0.4) is 0 Å². The van der Waals surface area contributed by atoms with E-state index in [0.29, 0.717) is 10.9 Å². The first-order chi connectivity index (χ1) is 10.7. The number of hydrogen-bond donors (Lipinski definition) is 0. The van der Waals surface area contributed by atoms with Crippen LogP contribution in [0.15, 0.2) is 59.4 Å². The molecule has 5 nitrogen and oxygen atoms in total. The quantitative estimate of drug-likeness (QED) is 0.697. The van der Waals surface area contributed by atoms with E-state index >= 15 is 0 Å². The van der Waals surface area contributed by atoms with Gasteiger partial charge in [-0.05, 0) is 31.2 Å². The Hall–Kier alpha value is -2.95. The number of rotatable bonds is 3. The van der Waals surface area contributed by atoms with Gasteiger partial charge in [-0.15, -0.1) is 0 Å². The molecule has 2 aromatic carbocycles. The van der Waals surface area contributed by atoms with Gasteiger partial charge in [-0.25, -0.2) is 4.79 Å². The summed E-state index contributed by atoms with van der Waals surface area (Å²) in [6.45, 7) is 1.93. The van der Waals surface area contributed by atoms with Gasteiger partial charge < -0.3 is 4.74 Å². The highest BCUT2D eigenvalue weighted by Crippen LogP contribution is 2.18. The number of hydrogen-bond acceptors (Lipinski definition) is 4. The summed E-state index contributed by atoms with van der Waals surface area (Å²) >= 11 is 0. The number of carbonyl (C=O) groups excluding carboxylic acids is 1. The molecule has 0 saturated heterocycles. The Kier molecular flexibility index (Phi) is 3.70. The summed E-state index contributed by atoms with van der Waals surface area (Å²) in [5.74, 6) is -0.633. The van der Waals surface area contributed by atoms with E-state index in [1.165, 1.54) is 0 Å². The molecule has 0 N–H and O–H groups in total. The van der Waals surface area contributed by atoms with Gasteiger partial charge >= 0.3 is 5.97 Å². The van der Waals surface area contributed by atoms with Gasteiger partial charge in [0.2, 0.25) is 5.82 Å². The molecular formula is C17H14N2O3. The summed E-state index contributed by atoms with van der Waals surface area (Å²) in [7, 11) is 0. The van der Waals surface area contributed by atoms with Crippen LogP contribution in [-0.4, -0.2) is 22.1 Å². The Morgan fingerprint density at radius 1 is 1.09 bits per heavy atom. The van der Waals surface area contributed by atoms with Crippen molar-refractivity contribution < 1.29 is 9.53 Å². The maximum absolute atomic E-state index is 12.2. The Morgan fingerprint density at radius 2 is 1.77 bits per heavy atom. The van der Waals surface area contributed by atoms with Crippen molar-refractivity contribution in [3.8, 4) is 5.69 Å². The highest BCUT2D eigenvalue weighted by Gasteiger charge is 2.19. The van der Waals surface area contributed by atoms with Crippen molar-refractivity contribution in [2.24, 2.45) is 0 Å². The molecule has 0 aliphatic rings. The Balaban J connectivity index is 2.39. The average Bonchev–Trinajstić information content (AvgIpc) is 2.56. The van der Waals surface area contributed by atoms with Gasteiger partial charge in [0, 0.05) is 5.69 Å². The fraction of sp³-hybridized carbons (Fsp3) is 0.118. The van der Waals surface area contributed by atoms with Gasteiger partial charge in [0.05, 0.1) is 17.5 Å². The molecule has 0 spiro atoms. The van der Waals surface area contributed by atoms with Crippen molar-refractivity contribution in [3.63, 3.8) is 0 Å². The summed E-state index contributed by atoms with van der Waals surface area (Å²) in [5, 5.41) is 0.458. The molecule has 3 rings (SSSR count). The molecule has 110 valence electrons. The largest absolute Gasteiger partial charge is 0.460 e. The van der Waals surface area contributed by atoms with Crippen LogP contribution in [0.2, 0.25) is 0 Å². The smallest absolute Gasteiger partial charge is 0.375 e. The molecule has 3 aromatic rings. The molecule has 0 amide bonds. The standard InChI is InChI=1S/C17H14N2O3/c1-2-22-17(21)15-18-16(20)13-10-6-7-11-14(13)19(15)12-8-4-3-5-9-12/h3-11H,2H2,1H3. The molecular weight excluding hydrogens is 280 g/mol. The normalized spacial score (nSPS) is 10.6. The SMILES string of the molecule is CCOC(=O)c1nc(=O)c2ccccc2n1-c1ccccc1. The highest BCUT2D eigenvalue weighted by atomic mass is 16.5. The number of para-hydroxylation sites is 2. The monoisotopic (exact) mass is 294 g/mol. The van der Waals surface area contributed by atoms with E-state index in [1.54, 1.807) is 29.7 Å². The molecule has 0 saturated carbocycles. The second kappa shape index (κ2) is 5.81. The minimum Gasteiger partial charge on any atom is -0.460 e. The summed E-state index contributed by atoms with van der Waals surface area (Å²) in [6.07, 6.45) is 0. The molecule has 0 aliphatic carbocycles. The van der Waals surface area contributed by atoms with Crippen LogP contribution >= 0.6 is 0 Å². The van der Waals surface area contributed by atoms with Crippen LogP contribution < -0.4 is 5.56 Å².